The topological polar surface area (TPSA) is 29.9 Å². The molecule has 0 amide bonds. The summed E-state index contributed by atoms with van der Waals surface area (Å²) >= 11 is 12.2. The molecular weight excluding hydrogens is 312 g/mol. The van der Waals surface area contributed by atoms with Crippen molar-refractivity contribution < 1.29 is 4.39 Å². The molecule has 0 radical (unpaired) electrons. The zero-order chi connectivity index (χ0) is 15.6. The minimum absolute atomic E-state index is 0.195. The molecule has 1 aromatic heterocycles. The second kappa shape index (κ2) is 6.77. The molecule has 1 N–H and O–H groups in total. The minimum atomic E-state index is -0.323. The van der Waals surface area contributed by atoms with Crippen molar-refractivity contribution in [2.45, 2.75) is 25.8 Å². The maximum atomic E-state index is 14.1. The third-order valence-corrected chi connectivity index (χ3v) is 4.26. The van der Waals surface area contributed by atoms with Gasteiger partial charge in [0.05, 0.1) is 16.4 Å². The highest BCUT2D eigenvalue weighted by Gasteiger charge is 2.20. The van der Waals surface area contributed by atoms with Crippen LogP contribution in [-0.2, 0) is 19.9 Å². The molecule has 1 aromatic carbocycles. The lowest BCUT2D eigenvalue weighted by Gasteiger charge is -2.18. The smallest absolute Gasteiger partial charge is 0.129 e. The van der Waals surface area contributed by atoms with E-state index < -0.39 is 0 Å². The van der Waals surface area contributed by atoms with E-state index in [4.69, 9.17) is 23.2 Å². The average Bonchev–Trinajstić information content (AvgIpc) is 2.72. The molecule has 0 aliphatic heterocycles. The van der Waals surface area contributed by atoms with Crippen LogP contribution < -0.4 is 5.32 Å². The number of aryl methyl sites for hydroxylation is 2. The van der Waals surface area contributed by atoms with Gasteiger partial charge in [0.1, 0.15) is 5.82 Å². The molecule has 1 unspecified atom stereocenters. The van der Waals surface area contributed by atoms with Crippen LogP contribution in [0.3, 0.4) is 0 Å². The molecule has 1 atom stereocenters. The van der Waals surface area contributed by atoms with Gasteiger partial charge in [0.15, 0.2) is 0 Å². The lowest BCUT2D eigenvalue weighted by atomic mass is 10.0. The molecule has 1 heterocycles. The third kappa shape index (κ3) is 3.39. The van der Waals surface area contributed by atoms with Crippen LogP contribution >= 0.6 is 23.2 Å². The fourth-order valence-corrected chi connectivity index (χ4v) is 2.92. The van der Waals surface area contributed by atoms with Crippen LogP contribution in [0.1, 0.15) is 29.9 Å². The Morgan fingerprint density at radius 1 is 1.38 bits per heavy atom. The van der Waals surface area contributed by atoms with Crippen LogP contribution in [0.4, 0.5) is 4.39 Å². The summed E-state index contributed by atoms with van der Waals surface area (Å²) in [6.45, 7) is 2.01. The third-order valence-electron chi connectivity index (χ3n) is 3.59. The van der Waals surface area contributed by atoms with Crippen LogP contribution in [0.2, 0.25) is 10.0 Å². The molecule has 3 nitrogen and oxygen atoms in total. The van der Waals surface area contributed by atoms with Crippen molar-refractivity contribution in [3.8, 4) is 0 Å². The number of rotatable bonds is 5. The maximum absolute atomic E-state index is 14.1. The van der Waals surface area contributed by atoms with Gasteiger partial charge in [-0.15, -0.1) is 0 Å². The number of halogens is 3. The fourth-order valence-electron chi connectivity index (χ4n) is 2.39. The molecule has 2 rings (SSSR count). The van der Waals surface area contributed by atoms with Crippen molar-refractivity contribution in [3.63, 3.8) is 0 Å². The predicted molar refractivity (Wildman–Crippen MR) is 84.5 cm³/mol. The first-order chi connectivity index (χ1) is 9.97. The first-order valence-electron chi connectivity index (χ1n) is 6.80. The predicted octanol–water partition coefficient (Wildman–Crippen LogP) is 3.93. The Morgan fingerprint density at radius 2 is 2.10 bits per heavy atom. The fraction of sp³-hybridized carbons (Fsp3) is 0.400. The summed E-state index contributed by atoms with van der Waals surface area (Å²) in [5.41, 5.74) is 2.32. The number of benzene rings is 1. The van der Waals surface area contributed by atoms with Crippen molar-refractivity contribution in [3.05, 3.63) is 51.0 Å². The quantitative estimate of drug-likeness (QED) is 0.900. The van der Waals surface area contributed by atoms with Crippen LogP contribution in [0.5, 0.6) is 0 Å². The molecule has 0 aliphatic carbocycles. The van der Waals surface area contributed by atoms with Gasteiger partial charge in [-0.05, 0) is 25.6 Å². The Balaban J connectivity index is 2.33. The summed E-state index contributed by atoms with van der Waals surface area (Å²) < 4.78 is 15.8. The molecule has 0 spiro atoms. The Morgan fingerprint density at radius 3 is 2.62 bits per heavy atom. The molecule has 0 fully saturated rings. The summed E-state index contributed by atoms with van der Waals surface area (Å²) in [4.78, 5) is 0. The Labute approximate surface area is 134 Å². The molecule has 0 saturated heterocycles. The highest BCUT2D eigenvalue weighted by atomic mass is 35.5. The number of nitrogens with zero attached hydrogens (tertiary/aromatic N) is 2. The zero-order valence-corrected chi connectivity index (χ0v) is 13.8. The second-order valence-corrected chi connectivity index (χ2v) is 5.71. The van der Waals surface area contributed by atoms with E-state index in [1.165, 1.54) is 6.07 Å². The van der Waals surface area contributed by atoms with Crippen molar-refractivity contribution in [2.75, 3.05) is 7.05 Å². The van der Waals surface area contributed by atoms with Gasteiger partial charge in [0, 0.05) is 30.1 Å². The van der Waals surface area contributed by atoms with Crippen molar-refractivity contribution in [1.29, 1.82) is 0 Å². The molecule has 21 heavy (non-hydrogen) atoms. The number of likely N-dealkylation sites (N-methyl/N-ethyl adjacent to an activating group) is 1. The standard InChI is InChI=1S/C15H18Cl2FN3/c1-4-12-15(17)14(21(3)20-12)8-13(19-2)10-6-5-9(16)7-11(10)18/h5-7,13,19H,4,8H2,1-3H3. The molecule has 114 valence electrons. The van der Waals surface area contributed by atoms with Crippen molar-refractivity contribution >= 4 is 23.2 Å². The lowest BCUT2D eigenvalue weighted by Crippen LogP contribution is -2.21. The molecule has 0 aliphatic rings. The van der Waals surface area contributed by atoms with Gasteiger partial charge in [-0.25, -0.2) is 4.39 Å². The van der Waals surface area contributed by atoms with E-state index in [-0.39, 0.29) is 11.9 Å². The minimum Gasteiger partial charge on any atom is -0.313 e. The van der Waals surface area contributed by atoms with Gasteiger partial charge in [-0.1, -0.05) is 36.2 Å². The molecule has 0 saturated carbocycles. The molecule has 6 heteroatoms. The first kappa shape index (κ1) is 16.3. The highest BCUT2D eigenvalue weighted by molar-refractivity contribution is 6.32. The largest absolute Gasteiger partial charge is 0.313 e. The van der Waals surface area contributed by atoms with Gasteiger partial charge in [0.2, 0.25) is 0 Å². The van der Waals surface area contributed by atoms with E-state index in [1.807, 2.05) is 14.0 Å². The van der Waals surface area contributed by atoms with E-state index >= 15 is 0 Å². The normalized spacial score (nSPS) is 12.7. The Kier molecular flexibility index (Phi) is 5.25. The molecule has 0 bridgehead atoms. The van der Waals surface area contributed by atoms with Gasteiger partial charge in [0.25, 0.3) is 0 Å². The summed E-state index contributed by atoms with van der Waals surface area (Å²) in [5.74, 6) is -0.323. The Bertz CT molecular complexity index is 640. The zero-order valence-electron chi connectivity index (χ0n) is 12.3. The first-order valence-corrected chi connectivity index (χ1v) is 7.56. The summed E-state index contributed by atoms with van der Waals surface area (Å²) in [6.07, 6.45) is 1.32. The van der Waals surface area contributed by atoms with Gasteiger partial charge in [-0.3, -0.25) is 4.68 Å². The molecule has 2 aromatic rings. The van der Waals surface area contributed by atoms with E-state index in [2.05, 4.69) is 10.4 Å². The number of hydrogen-bond donors (Lipinski definition) is 1. The lowest BCUT2D eigenvalue weighted by molar-refractivity contribution is 0.519. The number of aromatic nitrogens is 2. The van der Waals surface area contributed by atoms with E-state index in [9.17, 15) is 4.39 Å². The van der Waals surface area contributed by atoms with E-state index in [0.29, 0.717) is 22.0 Å². The average molecular weight is 330 g/mol. The Hall–Kier alpha value is -1.10. The summed E-state index contributed by atoms with van der Waals surface area (Å²) in [6, 6.07) is 4.51. The van der Waals surface area contributed by atoms with E-state index in [1.54, 1.807) is 23.9 Å². The van der Waals surface area contributed by atoms with Crippen molar-refractivity contribution in [2.24, 2.45) is 7.05 Å². The van der Waals surface area contributed by atoms with Gasteiger partial charge >= 0.3 is 0 Å². The maximum Gasteiger partial charge on any atom is 0.129 e. The summed E-state index contributed by atoms with van der Waals surface area (Å²) in [5, 5.41) is 8.56. The van der Waals surface area contributed by atoms with Crippen molar-refractivity contribution in [1.82, 2.24) is 15.1 Å². The van der Waals surface area contributed by atoms with Gasteiger partial charge in [-0.2, -0.15) is 5.10 Å². The van der Waals surface area contributed by atoms with E-state index in [0.717, 1.165) is 17.8 Å². The van der Waals surface area contributed by atoms with Crippen LogP contribution in [-0.4, -0.2) is 16.8 Å². The van der Waals surface area contributed by atoms with Crippen LogP contribution in [0, 0.1) is 5.82 Å². The SMILES string of the molecule is CCc1nn(C)c(CC(NC)c2ccc(Cl)cc2F)c1Cl. The molecular formula is C15H18Cl2FN3. The monoisotopic (exact) mass is 329 g/mol. The van der Waals surface area contributed by atoms with Crippen LogP contribution in [0.25, 0.3) is 0 Å². The van der Waals surface area contributed by atoms with Crippen LogP contribution in [0.15, 0.2) is 18.2 Å². The number of hydrogen-bond acceptors (Lipinski definition) is 2. The van der Waals surface area contributed by atoms with Gasteiger partial charge < -0.3 is 5.32 Å². The summed E-state index contributed by atoms with van der Waals surface area (Å²) in [7, 11) is 3.65. The second-order valence-electron chi connectivity index (χ2n) is 4.90. The highest BCUT2D eigenvalue weighted by Crippen LogP contribution is 2.28. The number of nitrogens with one attached hydrogen (secondary N) is 1.